The van der Waals surface area contributed by atoms with E-state index in [1.165, 1.54) is 12.4 Å². The first-order chi connectivity index (χ1) is 12.2. The number of nitrogens with one attached hydrogen (secondary N) is 2. The van der Waals surface area contributed by atoms with E-state index in [2.05, 4.69) is 35.9 Å². The Hall–Kier alpha value is -3.46. The Morgan fingerprint density at radius 1 is 1.28 bits per heavy atom. The van der Waals surface area contributed by atoms with E-state index < -0.39 is 5.91 Å². The molecule has 0 bridgehead atoms. The molecule has 2 aromatic heterocycles. The normalized spacial score (nSPS) is 10.6. The third-order valence-electron chi connectivity index (χ3n) is 2.89. The maximum Gasteiger partial charge on any atom is 0.258 e. The summed E-state index contributed by atoms with van der Waals surface area (Å²) in [5.41, 5.74) is 3.75. The first-order valence-electron chi connectivity index (χ1n) is 6.97. The highest BCUT2D eigenvalue weighted by molar-refractivity contribution is 6.30. The van der Waals surface area contributed by atoms with Gasteiger partial charge in [-0.1, -0.05) is 22.8 Å². The fourth-order valence-corrected chi connectivity index (χ4v) is 1.94. The monoisotopic (exact) mass is 358 g/mol. The summed E-state index contributed by atoms with van der Waals surface area (Å²) >= 11 is 5.85. The zero-order valence-electron chi connectivity index (χ0n) is 12.6. The van der Waals surface area contributed by atoms with Crippen molar-refractivity contribution in [3.05, 3.63) is 65.1 Å². The Labute approximate surface area is 146 Å². The van der Waals surface area contributed by atoms with Crippen molar-refractivity contribution in [2.45, 2.75) is 0 Å². The first-order valence-corrected chi connectivity index (χ1v) is 7.35. The Balaban J connectivity index is 1.59. The predicted molar refractivity (Wildman–Crippen MR) is 90.2 cm³/mol. The molecule has 0 aliphatic rings. The molecule has 0 atom stereocenters. The van der Waals surface area contributed by atoms with Gasteiger partial charge in [0.15, 0.2) is 5.69 Å². The van der Waals surface area contributed by atoms with Gasteiger partial charge in [0, 0.05) is 17.4 Å². The maximum atomic E-state index is 12.0. The third-order valence-corrected chi connectivity index (χ3v) is 3.12. The summed E-state index contributed by atoms with van der Waals surface area (Å²) in [6.45, 7) is 0. The summed E-state index contributed by atoms with van der Waals surface area (Å²) in [4.78, 5) is 20.8. The molecule has 25 heavy (non-hydrogen) atoms. The van der Waals surface area contributed by atoms with E-state index in [0.29, 0.717) is 16.3 Å². The second-order valence-corrected chi connectivity index (χ2v) is 5.07. The molecule has 3 aromatic rings. The fraction of sp³-hybridized carbons (Fsp3) is 0. The molecule has 10 heteroatoms. The molecule has 9 nitrogen and oxygen atoms in total. The van der Waals surface area contributed by atoms with Crippen molar-refractivity contribution >= 4 is 35.2 Å². The lowest BCUT2D eigenvalue weighted by Crippen LogP contribution is -2.13. The van der Waals surface area contributed by atoms with Gasteiger partial charge in [0.2, 0.25) is 5.82 Å². The van der Waals surface area contributed by atoms with Crippen molar-refractivity contribution in [1.29, 1.82) is 0 Å². The molecule has 0 spiro atoms. The van der Waals surface area contributed by atoms with Crippen molar-refractivity contribution in [2.24, 2.45) is 5.16 Å². The van der Waals surface area contributed by atoms with Gasteiger partial charge in [-0.25, -0.2) is 4.63 Å². The Morgan fingerprint density at radius 3 is 3.00 bits per heavy atom. The van der Waals surface area contributed by atoms with E-state index in [9.17, 15) is 4.79 Å². The molecule has 0 fully saturated rings. The van der Waals surface area contributed by atoms with Crippen LogP contribution in [0, 0.1) is 0 Å². The van der Waals surface area contributed by atoms with Gasteiger partial charge in [-0.3, -0.25) is 14.7 Å². The van der Waals surface area contributed by atoms with Gasteiger partial charge in [-0.15, -0.1) is 0 Å². The average Bonchev–Trinajstić information content (AvgIpc) is 3.06. The second-order valence-electron chi connectivity index (χ2n) is 4.63. The minimum absolute atomic E-state index is 0.101. The van der Waals surface area contributed by atoms with Gasteiger partial charge in [0.05, 0.1) is 11.3 Å². The molecule has 0 aliphatic carbocycles. The van der Waals surface area contributed by atoms with Crippen molar-refractivity contribution in [3.63, 3.8) is 0 Å². The van der Waals surface area contributed by atoms with Crippen LogP contribution >= 0.6 is 11.6 Å². The summed E-state index contributed by atoms with van der Waals surface area (Å²) in [7, 11) is 0. The highest BCUT2D eigenvalue weighted by atomic mass is 35.5. The van der Waals surface area contributed by atoms with E-state index >= 15 is 0 Å². The lowest BCUT2D eigenvalue weighted by molar-refractivity contribution is 0.102. The molecule has 2 N–H and O–H groups in total. The molecular weight excluding hydrogens is 348 g/mol. The lowest BCUT2D eigenvalue weighted by Gasteiger charge is -2.02. The average molecular weight is 359 g/mol. The van der Waals surface area contributed by atoms with Crippen LogP contribution < -0.4 is 10.8 Å². The van der Waals surface area contributed by atoms with Crippen LogP contribution in [0.3, 0.4) is 0 Å². The van der Waals surface area contributed by atoms with Crippen LogP contribution in [-0.4, -0.2) is 27.4 Å². The SMILES string of the molecule is O=C(Nc1nonc1/C=N/ONc1cccc(Cl)c1)c1cccnc1. The van der Waals surface area contributed by atoms with Crippen molar-refractivity contribution in [1.82, 2.24) is 15.3 Å². The number of hydrogen-bond acceptors (Lipinski definition) is 8. The van der Waals surface area contributed by atoms with E-state index in [4.69, 9.17) is 16.5 Å². The van der Waals surface area contributed by atoms with Crippen LogP contribution in [0.2, 0.25) is 5.02 Å². The summed E-state index contributed by atoms with van der Waals surface area (Å²) in [5.74, 6) is -0.305. The van der Waals surface area contributed by atoms with Crippen LogP contribution in [0.15, 0.2) is 58.6 Å². The molecule has 0 unspecified atom stereocenters. The molecule has 3 rings (SSSR count). The van der Waals surface area contributed by atoms with E-state index in [1.54, 1.807) is 42.6 Å². The van der Waals surface area contributed by atoms with Gasteiger partial charge >= 0.3 is 0 Å². The highest BCUT2D eigenvalue weighted by Gasteiger charge is 2.13. The summed E-state index contributed by atoms with van der Waals surface area (Å²) in [6.07, 6.45) is 4.22. The number of hydrogen-bond donors (Lipinski definition) is 2. The van der Waals surface area contributed by atoms with Crippen LogP contribution in [-0.2, 0) is 4.94 Å². The molecule has 1 aromatic carbocycles. The highest BCUT2D eigenvalue weighted by Crippen LogP contribution is 2.15. The van der Waals surface area contributed by atoms with Crippen LogP contribution in [0.25, 0.3) is 0 Å². The topological polar surface area (TPSA) is 115 Å². The van der Waals surface area contributed by atoms with E-state index in [1.807, 2.05) is 0 Å². The summed E-state index contributed by atoms with van der Waals surface area (Å²) in [6, 6.07) is 10.2. The molecule has 0 radical (unpaired) electrons. The zero-order chi connectivity index (χ0) is 17.5. The minimum Gasteiger partial charge on any atom is -0.302 e. The van der Waals surface area contributed by atoms with Gasteiger partial charge in [0.1, 0.15) is 6.21 Å². The van der Waals surface area contributed by atoms with Gasteiger partial charge < -0.3 is 5.32 Å². The first kappa shape index (κ1) is 16.4. The molecule has 0 saturated heterocycles. The van der Waals surface area contributed by atoms with E-state index in [0.717, 1.165) is 0 Å². The zero-order valence-corrected chi connectivity index (χ0v) is 13.3. The van der Waals surface area contributed by atoms with Crippen LogP contribution in [0.1, 0.15) is 16.1 Å². The van der Waals surface area contributed by atoms with Crippen molar-refractivity contribution in [3.8, 4) is 0 Å². The number of carbonyl (C=O) groups excluding carboxylic acids is 1. The number of aromatic nitrogens is 3. The lowest BCUT2D eigenvalue weighted by atomic mass is 10.2. The fourth-order valence-electron chi connectivity index (χ4n) is 1.75. The number of rotatable bonds is 6. The predicted octanol–water partition coefficient (Wildman–Crippen LogP) is 2.75. The molecule has 0 saturated carbocycles. The molecular formula is C15H11ClN6O3. The summed E-state index contributed by atoms with van der Waals surface area (Å²) in [5, 5.41) is 14.0. The summed E-state index contributed by atoms with van der Waals surface area (Å²) < 4.78 is 4.60. The Kier molecular flexibility index (Phi) is 5.17. The number of oxime groups is 1. The number of nitrogens with zero attached hydrogens (tertiary/aromatic N) is 4. The van der Waals surface area contributed by atoms with Crippen molar-refractivity contribution in [2.75, 3.05) is 10.8 Å². The minimum atomic E-state index is -0.406. The number of amides is 1. The second kappa shape index (κ2) is 7.88. The Bertz CT molecular complexity index is 884. The quantitative estimate of drug-likeness (QED) is 0.514. The van der Waals surface area contributed by atoms with Crippen LogP contribution in [0.4, 0.5) is 11.5 Å². The van der Waals surface area contributed by atoms with Gasteiger partial charge in [-0.2, -0.15) is 5.48 Å². The van der Waals surface area contributed by atoms with Crippen molar-refractivity contribution < 1.29 is 14.4 Å². The Morgan fingerprint density at radius 2 is 2.20 bits per heavy atom. The van der Waals surface area contributed by atoms with Gasteiger partial charge in [0.25, 0.3) is 5.91 Å². The molecule has 0 aliphatic heterocycles. The molecule has 2 heterocycles. The van der Waals surface area contributed by atoms with Crippen LogP contribution in [0.5, 0.6) is 0 Å². The largest absolute Gasteiger partial charge is 0.302 e. The number of carbonyl (C=O) groups is 1. The number of pyridine rings is 1. The smallest absolute Gasteiger partial charge is 0.258 e. The standard InChI is InChI=1S/C15H11ClN6O3/c16-11-4-1-5-12(7-11)20-24-18-9-13-14(22-25-21-13)19-15(23)10-3-2-6-17-8-10/h1-9,20H,(H,19,22,23)/b18-9+. The number of benzene rings is 1. The number of anilines is 2. The molecule has 126 valence electrons. The number of halogens is 1. The van der Waals surface area contributed by atoms with E-state index in [-0.39, 0.29) is 11.5 Å². The maximum absolute atomic E-state index is 12.0. The van der Waals surface area contributed by atoms with Gasteiger partial charge in [-0.05, 0) is 40.6 Å². The molecule has 1 amide bonds. The third kappa shape index (κ3) is 4.52.